The molecule has 0 aliphatic heterocycles. The molecule has 0 saturated heterocycles. The van der Waals surface area contributed by atoms with Crippen LogP contribution in [0.3, 0.4) is 0 Å². The fourth-order valence-corrected chi connectivity index (χ4v) is 6.62. The number of hydrogen-bond acceptors (Lipinski definition) is 3. The Balaban J connectivity index is 1.39. The smallest absolute Gasteiger partial charge is 0.161 e. The minimum atomic E-state index is 0.741. The van der Waals surface area contributed by atoms with Crippen molar-refractivity contribution in [3.63, 3.8) is 0 Å². The molecule has 0 aliphatic carbocycles. The summed E-state index contributed by atoms with van der Waals surface area (Å²) in [5, 5.41) is 4.83. The number of aromatic nitrogens is 3. The van der Waals surface area contributed by atoms with Gasteiger partial charge in [0.15, 0.2) is 5.82 Å². The van der Waals surface area contributed by atoms with E-state index in [0.29, 0.717) is 0 Å². The Bertz CT molecular complexity index is 2080. The predicted octanol–water partition coefficient (Wildman–Crippen LogP) is 9.28. The van der Waals surface area contributed by atoms with Gasteiger partial charge in [0.1, 0.15) is 4.83 Å². The lowest BCUT2D eigenvalue weighted by atomic mass is 10.1. The van der Waals surface area contributed by atoms with E-state index in [1.54, 1.807) is 11.3 Å². The summed E-state index contributed by atoms with van der Waals surface area (Å²) in [6, 6.07) is 44.7. The molecule has 8 rings (SSSR count). The van der Waals surface area contributed by atoms with Gasteiger partial charge in [0.2, 0.25) is 0 Å². The quantitative estimate of drug-likeness (QED) is 0.240. The second-order valence-corrected chi connectivity index (χ2v) is 10.5. The molecule has 178 valence electrons. The molecule has 0 saturated carbocycles. The van der Waals surface area contributed by atoms with Crippen molar-refractivity contribution in [1.29, 1.82) is 0 Å². The van der Waals surface area contributed by atoms with E-state index in [-0.39, 0.29) is 0 Å². The normalized spacial score (nSPS) is 11.7. The van der Waals surface area contributed by atoms with Gasteiger partial charge in [-0.3, -0.25) is 0 Å². The molecule has 0 aliphatic rings. The highest BCUT2D eigenvalue weighted by Gasteiger charge is 2.17. The first-order valence-electron chi connectivity index (χ1n) is 12.7. The largest absolute Gasteiger partial charge is 0.309 e. The lowest BCUT2D eigenvalue weighted by molar-refractivity contribution is 1.17. The zero-order chi connectivity index (χ0) is 25.1. The van der Waals surface area contributed by atoms with E-state index < -0.39 is 0 Å². The minimum Gasteiger partial charge on any atom is -0.309 e. The molecule has 38 heavy (non-hydrogen) atoms. The van der Waals surface area contributed by atoms with E-state index in [1.807, 2.05) is 6.07 Å². The summed E-state index contributed by atoms with van der Waals surface area (Å²) < 4.78 is 3.56. The van der Waals surface area contributed by atoms with Crippen molar-refractivity contribution in [1.82, 2.24) is 14.5 Å². The maximum Gasteiger partial charge on any atom is 0.161 e. The standard InChI is InChI=1S/C34H21N3S/c1-2-11-22(12-3-1)32-31-27-17-6-9-20-30(27)38-34(31)36-33(35-32)23-13-10-14-24(21-23)37-28-18-7-4-15-25(28)26-16-5-8-19-29(26)37/h1-21H. The Morgan fingerprint density at radius 1 is 0.526 bits per heavy atom. The summed E-state index contributed by atoms with van der Waals surface area (Å²) in [6.07, 6.45) is 0. The van der Waals surface area contributed by atoms with Crippen molar-refractivity contribution in [2.75, 3.05) is 0 Å². The molecule has 8 aromatic rings. The first kappa shape index (κ1) is 21.3. The highest BCUT2D eigenvalue weighted by atomic mass is 32.1. The van der Waals surface area contributed by atoms with Crippen LogP contribution in [0, 0.1) is 0 Å². The molecular weight excluding hydrogens is 482 g/mol. The lowest BCUT2D eigenvalue weighted by Crippen LogP contribution is -1.97. The molecule has 3 heterocycles. The molecular formula is C34H21N3S. The van der Waals surface area contributed by atoms with Crippen LogP contribution < -0.4 is 0 Å². The van der Waals surface area contributed by atoms with Crippen molar-refractivity contribution in [3.05, 3.63) is 127 Å². The fraction of sp³-hybridized carbons (Fsp3) is 0. The molecule has 0 N–H and O–H groups in total. The van der Waals surface area contributed by atoms with Gasteiger partial charge in [-0.05, 0) is 30.3 Å². The van der Waals surface area contributed by atoms with Gasteiger partial charge in [0, 0.05) is 43.1 Å². The molecule has 4 heteroatoms. The number of fused-ring (bicyclic) bond motifs is 6. The second-order valence-electron chi connectivity index (χ2n) is 9.46. The van der Waals surface area contributed by atoms with E-state index >= 15 is 0 Å². The van der Waals surface area contributed by atoms with Crippen LogP contribution in [0.15, 0.2) is 127 Å². The summed E-state index contributed by atoms with van der Waals surface area (Å²) in [5.41, 5.74) is 6.56. The van der Waals surface area contributed by atoms with Gasteiger partial charge in [-0.1, -0.05) is 97.1 Å². The highest BCUT2D eigenvalue weighted by molar-refractivity contribution is 7.25. The van der Waals surface area contributed by atoms with Gasteiger partial charge in [-0.25, -0.2) is 9.97 Å². The zero-order valence-corrected chi connectivity index (χ0v) is 21.2. The molecule has 0 fully saturated rings. The molecule has 5 aromatic carbocycles. The maximum atomic E-state index is 5.20. The molecule has 0 amide bonds. The van der Waals surface area contributed by atoms with Crippen molar-refractivity contribution in [2.45, 2.75) is 0 Å². The fourth-order valence-electron chi connectivity index (χ4n) is 5.54. The van der Waals surface area contributed by atoms with Crippen molar-refractivity contribution in [2.24, 2.45) is 0 Å². The number of nitrogens with zero attached hydrogens (tertiary/aromatic N) is 3. The van der Waals surface area contributed by atoms with Crippen molar-refractivity contribution < 1.29 is 0 Å². The Hall–Kier alpha value is -4.80. The number of para-hydroxylation sites is 2. The van der Waals surface area contributed by atoms with Crippen LogP contribution in [0.5, 0.6) is 0 Å². The SMILES string of the molecule is c1ccc(-c2nc(-c3cccc(-n4c5ccccc5c5ccccc54)c3)nc3sc4ccccc4c23)cc1. The molecule has 0 radical (unpaired) electrons. The highest BCUT2D eigenvalue weighted by Crippen LogP contribution is 2.40. The predicted molar refractivity (Wildman–Crippen MR) is 160 cm³/mol. The van der Waals surface area contributed by atoms with Crippen LogP contribution in [-0.2, 0) is 0 Å². The van der Waals surface area contributed by atoms with E-state index in [0.717, 1.165) is 38.5 Å². The van der Waals surface area contributed by atoms with E-state index in [1.165, 1.54) is 31.9 Å². The Morgan fingerprint density at radius 3 is 1.92 bits per heavy atom. The Labute approximate surface area is 223 Å². The number of thiophene rings is 1. The maximum absolute atomic E-state index is 5.20. The first-order valence-corrected chi connectivity index (χ1v) is 13.5. The van der Waals surface area contributed by atoms with Gasteiger partial charge in [-0.15, -0.1) is 11.3 Å². The second kappa shape index (κ2) is 8.37. The summed E-state index contributed by atoms with van der Waals surface area (Å²) in [4.78, 5) is 11.3. The average Bonchev–Trinajstić information content (AvgIpc) is 3.53. The molecule has 0 bridgehead atoms. The average molecular weight is 504 g/mol. The number of benzene rings is 5. The topological polar surface area (TPSA) is 30.7 Å². The van der Waals surface area contributed by atoms with Crippen molar-refractivity contribution >= 4 is 53.4 Å². The van der Waals surface area contributed by atoms with Gasteiger partial charge in [0.05, 0.1) is 16.7 Å². The molecule has 0 atom stereocenters. The Kier molecular flexibility index (Phi) is 4.69. The monoisotopic (exact) mass is 503 g/mol. The first-order chi connectivity index (χ1) is 18.8. The summed E-state index contributed by atoms with van der Waals surface area (Å²) >= 11 is 1.73. The van der Waals surface area contributed by atoms with Crippen molar-refractivity contribution in [3.8, 4) is 28.3 Å². The van der Waals surface area contributed by atoms with Gasteiger partial charge in [0.25, 0.3) is 0 Å². The van der Waals surface area contributed by atoms with E-state index in [2.05, 4.69) is 126 Å². The molecule has 3 aromatic heterocycles. The third kappa shape index (κ3) is 3.21. The molecule has 3 nitrogen and oxygen atoms in total. The summed E-state index contributed by atoms with van der Waals surface area (Å²) in [5.74, 6) is 0.741. The third-order valence-corrected chi connectivity index (χ3v) is 8.29. The van der Waals surface area contributed by atoms with Crippen LogP contribution >= 0.6 is 11.3 Å². The Morgan fingerprint density at radius 2 is 1.16 bits per heavy atom. The lowest BCUT2D eigenvalue weighted by Gasteiger charge is -2.11. The van der Waals surface area contributed by atoms with Crippen LogP contribution in [0.1, 0.15) is 0 Å². The van der Waals surface area contributed by atoms with E-state index in [4.69, 9.17) is 9.97 Å². The summed E-state index contributed by atoms with van der Waals surface area (Å²) in [6.45, 7) is 0. The van der Waals surface area contributed by atoms with E-state index in [9.17, 15) is 0 Å². The molecule has 0 spiro atoms. The summed E-state index contributed by atoms with van der Waals surface area (Å²) in [7, 11) is 0. The number of rotatable bonds is 3. The zero-order valence-electron chi connectivity index (χ0n) is 20.4. The van der Waals surface area contributed by atoms with Crippen LogP contribution in [0.25, 0.3) is 70.4 Å². The van der Waals surface area contributed by atoms with Crippen LogP contribution in [0.4, 0.5) is 0 Å². The number of hydrogen-bond donors (Lipinski definition) is 0. The van der Waals surface area contributed by atoms with Gasteiger partial charge >= 0.3 is 0 Å². The van der Waals surface area contributed by atoms with Crippen LogP contribution in [0.2, 0.25) is 0 Å². The van der Waals surface area contributed by atoms with Gasteiger partial charge < -0.3 is 4.57 Å². The molecule has 0 unspecified atom stereocenters. The minimum absolute atomic E-state index is 0.741. The third-order valence-electron chi connectivity index (χ3n) is 7.23. The van der Waals surface area contributed by atoms with Gasteiger partial charge in [-0.2, -0.15) is 0 Å². The van der Waals surface area contributed by atoms with Crippen LogP contribution in [-0.4, -0.2) is 14.5 Å².